The Morgan fingerprint density at radius 3 is 2.70 bits per heavy atom. The highest BCUT2D eigenvalue weighted by Crippen LogP contribution is 2.30. The summed E-state index contributed by atoms with van der Waals surface area (Å²) in [6.45, 7) is 1.94. The van der Waals surface area contributed by atoms with E-state index < -0.39 is 6.10 Å². The Morgan fingerprint density at radius 1 is 1.10 bits per heavy atom. The van der Waals surface area contributed by atoms with Gasteiger partial charge in [-0.05, 0) is 29.5 Å². The number of rotatable bonds is 2. The molecule has 0 radical (unpaired) electrons. The number of fused-ring (bicyclic) bond motifs is 1. The Bertz CT molecular complexity index is 765. The summed E-state index contributed by atoms with van der Waals surface area (Å²) >= 11 is 6.14. The summed E-state index contributed by atoms with van der Waals surface area (Å²) in [5.74, 6) is 0. The fourth-order valence-corrected chi connectivity index (χ4v) is 2.51. The van der Waals surface area contributed by atoms with Gasteiger partial charge in [0.05, 0.1) is 0 Å². The molecule has 100 valence electrons. The molecule has 1 unspecified atom stereocenters. The van der Waals surface area contributed by atoms with Gasteiger partial charge in [-0.25, -0.2) is 0 Å². The fourth-order valence-electron chi connectivity index (χ4n) is 2.32. The van der Waals surface area contributed by atoms with E-state index in [0.717, 1.165) is 27.5 Å². The predicted octanol–water partition coefficient (Wildman–Crippen LogP) is 4.28. The molecule has 0 saturated carbocycles. The molecule has 0 fully saturated rings. The van der Waals surface area contributed by atoms with Crippen LogP contribution in [0.15, 0.2) is 54.9 Å². The van der Waals surface area contributed by atoms with Crippen molar-refractivity contribution >= 4 is 22.4 Å². The molecule has 20 heavy (non-hydrogen) atoms. The van der Waals surface area contributed by atoms with Crippen LogP contribution in [0.1, 0.15) is 22.8 Å². The molecule has 3 heteroatoms. The Hall–Kier alpha value is -1.90. The number of pyridine rings is 1. The number of hydrogen-bond acceptors (Lipinski definition) is 2. The molecule has 3 aromatic rings. The number of aryl methyl sites for hydroxylation is 1. The van der Waals surface area contributed by atoms with Gasteiger partial charge in [0, 0.05) is 28.4 Å². The molecule has 0 aliphatic heterocycles. The van der Waals surface area contributed by atoms with Crippen molar-refractivity contribution in [1.29, 1.82) is 0 Å². The van der Waals surface area contributed by atoms with Gasteiger partial charge in [0.2, 0.25) is 0 Å². The highest BCUT2D eigenvalue weighted by atomic mass is 35.5. The SMILES string of the molecule is Cc1ccc(C(O)c2cncc3ccccc23)cc1Cl. The first-order chi connectivity index (χ1) is 9.66. The topological polar surface area (TPSA) is 33.1 Å². The summed E-state index contributed by atoms with van der Waals surface area (Å²) in [4.78, 5) is 4.21. The van der Waals surface area contributed by atoms with Crippen molar-refractivity contribution in [3.8, 4) is 0 Å². The quantitative estimate of drug-likeness (QED) is 0.761. The van der Waals surface area contributed by atoms with Crippen LogP contribution in [0.25, 0.3) is 10.8 Å². The lowest BCUT2D eigenvalue weighted by atomic mass is 9.97. The van der Waals surface area contributed by atoms with Crippen LogP contribution in [-0.4, -0.2) is 10.1 Å². The van der Waals surface area contributed by atoms with Gasteiger partial charge in [0.25, 0.3) is 0 Å². The number of benzene rings is 2. The average Bonchev–Trinajstić information content (AvgIpc) is 2.49. The lowest BCUT2D eigenvalue weighted by molar-refractivity contribution is 0.221. The first-order valence-corrected chi connectivity index (χ1v) is 6.81. The smallest absolute Gasteiger partial charge is 0.106 e. The zero-order valence-electron chi connectivity index (χ0n) is 11.0. The molecule has 3 rings (SSSR count). The molecule has 0 amide bonds. The second-order valence-corrected chi connectivity index (χ2v) is 5.27. The standard InChI is InChI=1S/C17H14ClNO/c1-11-6-7-12(8-16(11)18)17(20)15-10-19-9-13-4-2-3-5-14(13)15/h2-10,17,20H,1H3. The van der Waals surface area contributed by atoms with Crippen molar-refractivity contribution < 1.29 is 5.11 Å². The average molecular weight is 284 g/mol. The van der Waals surface area contributed by atoms with Crippen molar-refractivity contribution in [3.05, 3.63) is 76.6 Å². The molecular weight excluding hydrogens is 270 g/mol. The fraction of sp³-hybridized carbons (Fsp3) is 0.118. The highest BCUT2D eigenvalue weighted by molar-refractivity contribution is 6.31. The van der Waals surface area contributed by atoms with Crippen molar-refractivity contribution in [2.45, 2.75) is 13.0 Å². The summed E-state index contributed by atoms with van der Waals surface area (Å²) in [6, 6.07) is 13.5. The third-order valence-electron chi connectivity index (χ3n) is 3.51. The van der Waals surface area contributed by atoms with Gasteiger partial charge < -0.3 is 5.11 Å². The molecule has 2 aromatic carbocycles. The minimum absolute atomic E-state index is 0.662. The largest absolute Gasteiger partial charge is 0.384 e. The van der Waals surface area contributed by atoms with E-state index in [1.807, 2.05) is 49.4 Å². The highest BCUT2D eigenvalue weighted by Gasteiger charge is 2.14. The maximum absolute atomic E-state index is 10.6. The number of nitrogens with zero attached hydrogens (tertiary/aromatic N) is 1. The van der Waals surface area contributed by atoms with Gasteiger partial charge in [0.15, 0.2) is 0 Å². The van der Waals surface area contributed by atoms with E-state index in [1.165, 1.54) is 0 Å². The van der Waals surface area contributed by atoms with Gasteiger partial charge >= 0.3 is 0 Å². The van der Waals surface area contributed by atoms with Crippen LogP contribution in [0.2, 0.25) is 5.02 Å². The predicted molar refractivity (Wildman–Crippen MR) is 82.0 cm³/mol. The zero-order chi connectivity index (χ0) is 14.1. The number of aliphatic hydroxyl groups excluding tert-OH is 1. The van der Waals surface area contributed by atoms with Crippen molar-refractivity contribution in [2.24, 2.45) is 0 Å². The maximum Gasteiger partial charge on any atom is 0.106 e. The Balaban J connectivity index is 2.12. The number of aromatic nitrogens is 1. The number of hydrogen-bond donors (Lipinski definition) is 1. The van der Waals surface area contributed by atoms with E-state index in [2.05, 4.69) is 4.98 Å². The minimum atomic E-state index is -0.730. The zero-order valence-corrected chi connectivity index (χ0v) is 11.8. The van der Waals surface area contributed by atoms with Crippen molar-refractivity contribution in [2.75, 3.05) is 0 Å². The van der Waals surface area contributed by atoms with Crippen LogP contribution in [0.4, 0.5) is 0 Å². The van der Waals surface area contributed by atoms with E-state index in [4.69, 9.17) is 11.6 Å². The minimum Gasteiger partial charge on any atom is -0.384 e. The molecule has 1 heterocycles. The van der Waals surface area contributed by atoms with Gasteiger partial charge in [-0.15, -0.1) is 0 Å². The van der Waals surface area contributed by atoms with E-state index in [9.17, 15) is 5.11 Å². The molecule has 0 bridgehead atoms. The van der Waals surface area contributed by atoms with Crippen LogP contribution in [0.5, 0.6) is 0 Å². The van der Waals surface area contributed by atoms with E-state index in [-0.39, 0.29) is 0 Å². The lowest BCUT2D eigenvalue weighted by Gasteiger charge is -2.14. The maximum atomic E-state index is 10.6. The molecule has 0 spiro atoms. The molecule has 1 aromatic heterocycles. The summed E-state index contributed by atoms with van der Waals surface area (Å²) < 4.78 is 0. The third-order valence-corrected chi connectivity index (χ3v) is 3.91. The van der Waals surface area contributed by atoms with Crippen molar-refractivity contribution in [1.82, 2.24) is 4.98 Å². The van der Waals surface area contributed by atoms with Crippen LogP contribution < -0.4 is 0 Å². The molecular formula is C17H14ClNO. The first-order valence-electron chi connectivity index (χ1n) is 6.43. The second kappa shape index (κ2) is 5.23. The number of aliphatic hydroxyl groups is 1. The molecule has 0 aliphatic carbocycles. The Labute approximate surface area is 122 Å². The summed E-state index contributed by atoms with van der Waals surface area (Å²) in [6.07, 6.45) is 2.78. The van der Waals surface area contributed by atoms with Gasteiger partial charge in [-0.1, -0.05) is 48.0 Å². The Kier molecular flexibility index (Phi) is 3.43. The monoisotopic (exact) mass is 283 g/mol. The van der Waals surface area contributed by atoms with Crippen molar-refractivity contribution in [3.63, 3.8) is 0 Å². The second-order valence-electron chi connectivity index (χ2n) is 4.86. The van der Waals surface area contributed by atoms with Gasteiger partial charge in [0.1, 0.15) is 6.10 Å². The summed E-state index contributed by atoms with van der Waals surface area (Å²) in [5.41, 5.74) is 2.57. The van der Waals surface area contributed by atoms with Crippen LogP contribution >= 0.6 is 11.6 Å². The molecule has 0 saturated heterocycles. The third kappa shape index (κ3) is 2.28. The van der Waals surface area contributed by atoms with Crippen LogP contribution in [-0.2, 0) is 0 Å². The van der Waals surface area contributed by atoms with Crippen LogP contribution in [0.3, 0.4) is 0 Å². The Morgan fingerprint density at radius 2 is 1.90 bits per heavy atom. The molecule has 1 N–H and O–H groups in total. The van der Waals surface area contributed by atoms with E-state index in [1.54, 1.807) is 12.4 Å². The first kappa shape index (κ1) is 13.1. The lowest BCUT2D eigenvalue weighted by Crippen LogP contribution is -2.01. The van der Waals surface area contributed by atoms with Crippen LogP contribution in [0, 0.1) is 6.92 Å². The summed E-state index contributed by atoms with van der Waals surface area (Å²) in [7, 11) is 0. The normalized spacial score (nSPS) is 12.6. The van der Waals surface area contributed by atoms with Gasteiger partial charge in [-0.3, -0.25) is 4.98 Å². The number of halogens is 1. The summed E-state index contributed by atoms with van der Waals surface area (Å²) in [5, 5.41) is 13.3. The van der Waals surface area contributed by atoms with E-state index in [0.29, 0.717) is 5.02 Å². The molecule has 2 nitrogen and oxygen atoms in total. The van der Waals surface area contributed by atoms with E-state index >= 15 is 0 Å². The van der Waals surface area contributed by atoms with Gasteiger partial charge in [-0.2, -0.15) is 0 Å². The molecule has 1 atom stereocenters. The molecule has 0 aliphatic rings.